The summed E-state index contributed by atoms with van der Waals surface area (Å²) in [7, 11) is 3.07. The Bertz CT molecular complexity index is 999. The van der Waals surface area contributed by atoms with Gasteiger partial charge in [-0.15, -0.1) is 0 Å². The lowest BCUT2D eigenvalue weighted by atomic mass is 10.1. The average Bonchev–Trinajstić information content (AvgIpc) is 2.99. The van der Waals surface area contributed by atoms with E-state index in [4.69, 9.17) is 23.7 Å². The van der Waals surface area contributed by atoms with Gasteiger partial charge in [0.2, 0.25) is 5.78 Å². The predicted octanol–water partition coefficient (Wildman–Crippen LogP) is 4.04. The zero-order chi connectivity index (χ0) is 21.9. The molecule has 0 aliphatic carbocycles. The Morgan fingerprint density at radius 1 is 1.10 bits per heavy atom. The maximum Gasteiger partial charge on any atom is 0.344 e. The van der Waals surface area contributed by atoms with E-state index in [1.807, 2.05) is 0 Å². The fraction of sp³-hybridized carbons (Fsp3) is 0.304. The molecular weight excluding hydrogens is 388 g/mol. The molecule has 2 aromatic carbocycles. The van der Waals surface area contributed by atoms with Crippen molar-refractivity contribution in [2.24, 2.45) is 0 Å². The van der Waals surface area contributed by atoms with Crippen molar-refractivity contribution in [1.29, 1.82) is 0 Å². The van der Waals surface area contributed by atoms with Crippen molar-refractivity contribution in [3.05, 3.63) is 53.3 Å². The van der Waals surface area contributed by atoms with Crippen molar-refractivity contribution < 1.29 is 33.3 Å². The summed E-state index contributed by atoms with van der Waals surface area (Å²) in [5.41, 5.74) is 0.469. The van der Waals surface area contributed by atoms with E-state index in [2.05, 4.69) is 0 Å². The summed E-state index contributed by atoms with van der Waals surface area (Å²) in [4.78, 5) is 24.5. The molecule has 7 nitrogen and oxygen atoms in total. The molecule has 0 N–H and O–H groups in total. The van der Waals surface area contributed by atoms with E-state index in [0.717, 1.165) is 0 Å². The first-order valence-electron chi connectivity index (χ1n) is 9.36. The Morgan fingerprint density at radius 3 is 2.53 bits per heavy atom. The van der Waals surface area contributed by atoms with Crippen molar-refractivity contribution >= 4 is 17.8 Å². The molecule has 1 aliphatic rings. The Balaban J connectivity index is 1.77. The maximum atomic E-state index is 12.7. The molecule has 0 radical (unpaired) electrons. The molecule has 2 aromatic rings. The Labute approximate surface area is 175 Å². The van der Waals surface area contributed by atoms with Gasteiger partial charge >= 0.3 is 5.97 Å². The lowest BCUT2D eigenvalue weighted by Crippen LogP contribution is -2.27. The van der Waals surface area contributed by atoms with Gasteiger partial charge in [0, 0.05) is 11.6 Å². The molecule has 3 rings (SSSR count). The van der Waals surface area contributed by atoms with Crippen LogP contribution >= 0.6 is 0 Å². The fourth-order valence-electron chi connectivity index (χ4n) is 2.94. The lowest BCUT2D eigenvalue weighted by molar-refractivity contribution is -0.157. The molecule has 1 heterocycles. The van der Waals surface area contributed by atoms with Gasteiger partial charge in [0.15, 0.2) is 23.9 Å². The van der Waals surface area contributed by atoms with Gasteiger partial charge < -0.3 is 23.7 Å². The summed E-state index contributed by atoms with van der Waals surface area (Å²) >= 11 is 0. The number of ketones is 1. The van der Waals surface area contributed by atoms with Gasteiger partial charge in [-0.2, -0.15) is 0 Å². The fourth-order valence-corrected chi connectivity index (χ4v) is 2.94. The van der Waals surface area contributed by atoms with Crippen molar-refractivity contribution in [1.82, 2.24) is 0 Å². The van der Waals surface area contributed by atoms with E-state index in [0.29, 0.717) is 34.1 Å². The summed E-state index contributed by atoms with van der Waals surface area (Å²) in [6, 6.07) is 10.1. The SMILES string of the molecule is COc1cccc(/C=C2\Oc3cc(OCC(=O)OC(C)(C)C)ccc3C2=O)c1OC. The van der Waals surface area contributed by atoms with E-state index in [-0.39, 0.29) is 18.1 Å². The summed E-state index contributed by atoms with van der Waals surface area (Å²) < 4.78 is 27.1. The minimum Gasteiger partial charge on any atom is -0.493 e. The van der Waals surface area contributed by atoms with Crippen LogP contribution in [0.1, 0.15) is 36.7 Å². The number of carbonyl (C=O) groups excluding carboxylic acids is 2. The maximum absolute atomic E-state index is 12.7. The van der Waals surface area contributed by atoms with Crippen LogP contribution in [0.3, 0.4) is 0 Å². The average molecular weight is 412 g/mol. The molecule has 0 spiro atoms. The van der Waals surface area contributed by atoms with E-state index in [1.165, 1.54) is 7.11 Å². The highest BCUT2D eigenvalue weighted by molar-refractivity contribution is 6.14. The van der Waals surface area contributed by atoms with Crippen molar-refractivity contribution in [2.75, 3.05) is 20.8 Å². The first kappa shape index (κ1) is 21.2. The van der Waals surface area contributed by atoms with E-state index < -0.39 is 11.6 Å². The number of fused-ring (bicyclic) bond motifs is 1. The Morgan fingerprint density at radius 2 is 1.87 bits per heavy atom. The van der Waals surface area contributed by atoms with Crippen LogP contribution in [0.5, 0.6) is 23.0 Å². The van der Waals surface area contributed by atoms with Crippen LogP contribution in [-0.2, 0) is 9.53 Å². The van der Waals surface area contributed by atoms with Gasteiger partial charge in [0.1, 0.15) is 17.1 Å². The zero-order valence-electron chi connectivity index (χ0n) is 17.6. The van der Waals surface area contributed by atoms with Crippen LogP contribution in [0.4, 0.5) is 0 Å². The van der Waals surface area contributed by atoms with Gasteiger partial charge in [0.05, 0.1) is 19.8 Å². The normalized spacial score (nSPS) is 14.2. The number of hydrogen-bond acceptors (Lipinski definition) is 7. The molecule has 0 saturated carbocycles. The third-order valence-corrected chi connectivity index (χ3v) is 4.14. The number of carbonyl (C=O) groups is 2. The molecule has 1 aliphatic heterocycles. The molecule has 158 valence electrons. The zero-order valence-corrected chi connectivity index (χ0v) is 17.6. The van der Waals surface area contributed by atoms with Crippen LogP contribution in [0.2, 0.25) is 0 Å². The van der Waals surface area contributed by atoms with Crippen LogP contribution in [0.25, 0.3) is 6.08 Å². The minimum atomic E-state index is -0.589. The number of esters is 1. The number of hydrogen-bond donors (Lipinski definition) is 0. The van der Waals surface area contributed by atoms with Gasteiger partial charge in [-0.1, -0.05) is 12.1 Å². The van der Waals surface area contributed by atoms with Gasteiger partial charge in [-0.25, -0.2) is 4.79 Å². The smallest absolute Gasteiger partial charge is 0.344 e. The Kier molecular flexibility index (Phi) is 6.01. The highest BCUT2D eigenvalue weighted by Gasteiger charge is 2.28. The highest BCUT2D eigenvalue weighted by atomic mass is 16.6. The second kappa shape index (κ2) is 8.49. The summed E-state index contributed by atoms with van der Waals surface area (Å²) in [6.45, 7) is 5.11. The molecular formula is C23H24O7. The van der Waals surface area contributed by atoms with Crippen LogP contribution < -0.4 is 18.9 Å². The molecule has 0 bridgehead atoms. The van der Waals surface area contributed by atoms with Gasteiger partial charge in [-0.05, 0) is 45.0 Å². The van der Waals surface area contributed by atoms with E-state index in [1.54, 1.807) is 70.4 Å². The van der Waals surface area contributed by atoms with Crippen molar-refractivity contribution in [3.8, 4) is 23.0 Å². The number of allylic oxidation sites excluding steroid dienone is 1. The molecule has 0 atom stereocenters. The third kappa shape index (κ3) is 4.74. The number of methoxy groups -OCH3 is 2. The monoisotopic (exact) mass is 412 g/mol. The molecule has 30 heavy (non-hydrogen) atoms. The summed E-state index contributed by atoms with van der Waals surface area (Å²) in [5, 5.41) is 0. The minimum absolute atomic E-state index is 0.154. The highest BCUT2D eigenvalue weighted by Crippen LogP contribution is 2.37. The number of benzene rings is 2. The van der Waals surface area contributed by atoms with E-state index in [9.17, 15) is 9.59 Å². The number of Topliss-reactive ketones (excluding diaryl/α,β-unsaturated/α-hetero) is 1. The van der Waals surface area contributed by atoms with Crippen LogP contribution in [0, 0.1) is 0 Å². The largest absolute Gasteiger partial charge is 0.493 e. The van der Waals surface area contributed by atoms with Crippen LogP contribution in [-0.4, -0.2) is 38.2 Å². The van der Waals surface area contributed by atoms with Crippen molar-refractivity contribution in [2.45, 2.75) is 26.4 Å². The van der Waals surface area contributed by atoms with E-state index >= 15 is 0 Å². The summed E-state index contributed by atoms with van der Waals surface area (Å²) in [5.74, 6) is 1.22. The standard InChI is InChI=1S/C23H24O7/c1-23(2,3)30-20(24)13-28-15-9-10-16-18(12-15)29-19(21(16)25)11-14-7-6-8-17(26-4)22(14)27-5/h6-12H,13H2,1-5H3/b19-11-. The second-order valence-corrected chi connectivity index (χ2v) is 7.56. The first-order valence-corrected chi connectivity index (χ1v) is 9.36. The number of ether oxygens (including phenoxy) is 5. The Hall–Kier alpha value is -3.48. The van der Waals surface area contributed by atoms with Gasteiger partial charge in [-0.3, -0.25) is 4.79 Å². The second-order valence-electron chi connectivity index (χ2n) is 7.56. The molecule has 0 amide bonds. The topological polar surface area (TPSA) is 80.3 Å². The van der Waals surface area contributed by atoms with Gasteiger partial charge in [0.25, 0.3) is 0 Å². The predicted molar refractivity (Wildman–Crippen MR) is 110 cm³/mol. The molecule has 0 unspecified atom stereocenters. The first-order chi connectivity index (χ1) is 14.2. The quantitative estimate of drug-likeness (QED) is 0.523. The third-order valence-electron chi connectivity index (χ3n) is 4.14. The molecule has 0 fully saturated rings. The van der Waals surface area contributed by atoms with Crippen molar-refractivity contribution in [3.63, 3.8) is 0 Å². The molecule has 7 heteroatoms. The summed E-state index contributed by atoms with van der Waals surface area (Å²) in [6.07, 6.45) is 1.60. The van der Waals surface area contributed by atoms with Crippen LogP contribution in [0.15, 0.2) is 42.2 Å². The molecule has 0 saturated heterocycles. The number of rotatable bonds is 6. The molecule has 0 aromatic heterocycles. The lowest BCUT2D eigenvalue weighted by Gasteiger charge is -2.19. The number of para-hydroxylation sites is 1.